The van der Waals surface area contributed by atoms with E-state index < -0.39 is 15.5 Å². The number of benzene rings is 1. The van der Waals surface area contributed by atoms with E-state index >= 15 is 0 Å². The molecule has 1 saturated heterocycles. The van der Waals surface area contributed by atoms with Crippen molar-refractivity contribution in [3.05, 3.63) is 34.9 Å². The number of sulfone groups is 1. The summed E-state index contributed by atoms with van der Waals surface area (Å²) in [6.07, 6.45) is 2.94. The fraction of sp³-hybridized carbons (Fsp3) is 0.632. The first-order valence-corrected chi connectivity index (χ1v) is 12.0. The van der Waals surface area contributed by atoms with Crippen LogP contribution in [-0.2, 0) is 9.84 Å². The molecule has 1 amide bonds. The average molecular weight is 487 g/mol. The number of rotatable bonds is 7. The van der Waals surface area contributed by atoms with Gasteiger partial charge in [0.25, 0.3) is 5.91 Å². The minimum atomic E-state index is -3.15. The Hall–Kier alpha value is -0.510. The monoisotopic (exact) mass is 485 g/mol. The second kappa shape index (κ2) is 11.8. The van der Waals surface area contributed by atoms with Gasteiger partial charge in [-0.05, 0) is 56.1 Å². The predicted molar refractivity (Wildman–Crippen MR) is 128 cm³/mol. The lowest BCUT2D eigenvalue weighted by molar-refractivity contribution is 0.0337. The zero-order chi connectivity index (χ0) is 20.2. The molecule has 1 aliphatic rings. The van der Waals surface area contributed by atoms with E-state index in [0.29, 0.717) is 30.8 Å². The molecule has 0 radical (unpaired) electrons. The minimum absolute atomic E-state index is 0. The van der Waals surface area contributed by atoms with Crippen molar-refractivity contribution in [3.8, 4) is 0 Å². The molecule has 1 aromatic carbocycles. The Morgan fingerprint density at radius 1 is 1.34 bits per heavy atom. The van der Waals surface area contributed by atoms with Crippen LogP contribution >= 0.6 is 37.4 Å². The summed E-state index contributed by atoms with van der Waals surface area (Å²) in [5.74, 6) is 0.625. The smallest absolute Gasteiger partial charge is 0.254 e. The highest BCUT2D eigenvalue weighted by Gasteiger charge is 2.43. The molecule has 0 bridgehead atoms. The number of amides is 1. The third kappa shape index (κ3) is 7.29. The van der Waals surface area contributed by atoms with Gasteiger partial charge >= 0.3 is 0 Å². The Balaban J connectivity index is 0.00000392. The molecule has 2 atom stereocenters. The van der Waals surface area contributed by atoms with Crippen molar-refractivity contribution in [3.63, 3.8) is 0 Å². The third-order valence-electron chi connectivity index (χ3n) is 5.40. The quantitative estimate of drug-likeness (QED) is 0.515. The summed E-state index contributed by atoms with van der Waals surface area (Å²) >= 11 is 4.30. The number of hydrogen-bond donors (Lipinski definition) is 3. The standard InChI is InChI=1S/C19H31N3O3S2.2ClH/c1-14-6-4-7-16(15(14)2)18(23)22-11-10-21-19(20,9-13-27(3,24)25)17(22)8-5-12-26;;/h4,6-7,17,21,26H,5,8-13,20H2,1-3H3;2*1H/t17?,19-;;/m0../s1. The number of nitrogens with zero attached hydrogens (tertiary/aromatic N) is 1. The molecule has 0 saturated carbocycles. The number of aryl methyl sites for hydroxylation is 1. The summed E-state index contributed by atoms with van der Waals surface area (Å²) in [6, 6.07) is 5.44. The molecule has 3 N–H and O–H groups in total. The van der Waals surface area contributed by atoms with Crippen LogP contribution in [0.15, 0.2) is 18.2 Å². The molecule has 2 rings (SSSR count). The number of carbonyl (C=O) groups is 1. The number of thiol groups is 1. The fourth-order valence-electron chi connectivity index (χ4n) is 3.65. The van der Waals surface area contributed by atoms with E-state index in [1.165, 1.54) is 6.26 Å². The second-order valence-corrected chi connectivity index (χ2v) is 10.2. The predicted octanol–water partition coefficient (Wildman–Crippen LogP) is 2.36. The number of carbonyl (C=O) groups excluding carboxylic acids is 1. The average Bonchev–Trinajstić information content (AvgIpc) is 2.60. The van der Waals surface area contributed by atoms with Gasteiger partial charge in [-0.2, -0.15) is 12.6 Å². The van der Waals surface area contributed by atoms with Crippen molar-refractivity contribution in [1.29, 1.82) is 0 Å². The number of piperazine rings is 1. The topological polar surface area (TPSA) is 92.5 Å². The van der Waals surface area contributed by atoms with Crippen molar-refractivity contribution >= 4 is 53.2 Å². The van der Waals surface area contributed by atoms with Crippen LogP contribution in [0, 0.1) is 13.8 Å². The largest absolute Gasteiger partial charge is 0.331 e. The minimum Gasteiger partial charge on any atom is -0.331 e. The normalized spacial score (nSPS) is 21.8. The highest BCUT2D eigenvalue weighted by atomic mass is 35.5. The van der Waals surface area contributed by atoms with Gasteiger partial charge in [0.15, 0.2) is 0 Å². The third-order valence-corrected chi connectivity index (χ3v) is 6.66. The van der Waals surface area contributed by atoms with Crippen molar-refractivity contribution < 1.29 is 13.2 Å². The first-order valence-electron chi connectivity index (χ1n) is 9.29. The Kier molecular flexibility index (Phi) is 11.6. The van der Waals surface area contributed by atoms with Crippen molar-refractivity contribution in [2.24, 2.45) is 5.73 Å². The van der Waals surface area contributed by atoms with E-state index in [2.05, 4.69) is 17.9 Å². The summed E-state index contributed by atoms with van der Waals surface area (Å²) in [5.41, 5.74) is 8.41. The number of nitrogens with one attached hydrogen (secondary N) is 1. The molecule has 10 heteroatoms. The fourth-order valence-corrected chi connectivity index (χ4v) is 4.54. The Labute approximate surface area is 192 Å². The number of halogens is 2. The highest BCUT2D eigenvalue weighted by molar-refractivity contribution is 7.90. The maximum Gasteiger partial charge on any atom is 0.254 e. The Morgan fingerprint density at radius 2 is 2.00 bits per heavy atom. The van der Waals surface area contributed by atoms with Gasteiger partial charge in [0, 0.05) is 24.9 Å². The van der Waals surface area contributed by atoms with Gasteiger partial charge in [-0.15, -0.1) is 24.8 Å². The number of nitrogens with two attached hydrogens (primary N) is 1. The van der Waals surface area contributed by atoms with Gasteiger partial charge in [-0.1, -0.05) is 12.1 Å². The van der Waals surface area contributed by atoms with E-state index in [9.17, 15) is 13.2 Å². The first kappa shape index (κ1) is 28.5. The Morgan fingerprint density at radius 3 is 2.59 bits per heavy atom. The molecule has 0 spiro atoms. The summed E-state index contributed by atoms with van der Waals surface area (Å²) in [5, 5.41) is 3.28. The molecule has 1 aliphatic heterocycles. The van der Waals surface area contributed by atoms with Crippen LogP contribution in [0.3, 0.4) is 0 Å². The lowest BCUT2D eigenvalue weighted by atomic mass is 9.89. The lowest BCUT2D eigenvalue weighted by Crippen LogP contribution is -2.72. The van der Waals surface area contributed by atoms with Gasteiger partial charge in [-0.25, -0.2) is 8.42 Å². The molecule has 0 aliphatic carbocycles. The van der Waals surface area contributed by atoms with Crippen LogP contribution in [0.5, 0.6) is 0 Å². The van der Waals surface area contributed by atoms with Crippen LogP contribution in [0.1, 0.15) is 40.7 Å². The molecule has 0 aromatic heterocycles. The maximum absolute atomic E-state index is 13.3. The van der Waals surface area contributed by atoms with E-state index in [4.69, 9.17) is 5.73 Å². The van der Waals surface area contributed by atoms with Crippen LogP contribution in [-0.4, -0.2) is 61.8 Å². The molecule has 1 aromatic rings. The van der Waals surface area contributed by atoms with Crippen LogP contribution in [0.4, 0.5) is 0 Å². The molecule has 1 unspecified atom stereocenters. The molecule has 29 heavy (non-hydrogen) atoms. The van der Waals surface area contributed by atoms with Crippen LogP contribution in [0.2, 0.25) is 0 Å². The SMILES string of the molecule is Cc1cccc(C(=O)N2CCN[C@@](N)(CCS(C)(=O)=O)C2CCCS)c1C.Cl.Cl. The zero-order valence-corrected chi connectivity index (χ0v) is 20.5. The van der Waals surface area contributed by atoms with Crippen LogP contribution < -0.4 is 11.1 Å². The van der Waals surface area contributed by atoms with Gasteiger partial charge in [0.2, 0.25) is 0 Å². The molecule has 168 valence electrons. The van der Waals surface area contributed by atoms with E-state index in [-0.39, 0.29) is 48.9 Å². The van der Waals surface area contributed by atoms with Crippen molar-refractivity contribution in [2.45, 2.75) is 44.8 Å². The first-order chi connectivity index (χ1) is 12.6. The number of hydrogen-bond acceptors (Lipinski definition) is 6. The Bertz CT molecular complexity index is 793. The maximum atomic E-state index is 13.3. The van der Waals surface area contributed by atoms with Gasteiger partial charge in [-0.3, -0.25) is 10.1 Å². The second-order valence-electron chi connectivity index (χ2n) is 7.47. The molecular weight excluding hydrogens is 453 g/mol. The van der Waals surface area contributed by atoms with Gasteiger partial charge in [0.1, 0.15) is 9.84 Å². The molecule has 6 nitrogen and oxygen atoms in total. The summed E-state index contributed by atoms with van der Waals surface area (Å²) < 4.78 is 23.4. The van der Waals surface area contributed by atoms with E-state index in [0.717, 1.165) is 17.5 Å². The summed E-state index contributed by atoms with van der Waals surface area (Å²) in [7, 11) is -3.15. The van der Waals surface area contributed by atoms with Gasteiger partial charge in [0.05, 0.1) is 17.5 Å². The highest BCUT2D eigenvalue weighted by Crippen LogP contribution is 2.27. The molecule has 1 fully saturated rings. The van der Waals surface area contributed by atoms with E-state index in [1.807, 2.05) is 36.9 Å². The van der Waals surface area contributed by atoms with E-state index in [1.54, 1.807) is 0 Å². The molecular formula is C19H33Cl2N3O3S2. The van der Waals surface area contributed by atoms with Crippen molar-refractivity contribution in [1.82, 2.24) is 10.2 Å². The van der Waals surface area contributed by atoms with Crippen LogP contribution in [0.25, 0.3) is 0 Å². The van der Waals surface area contributed by atoms with Crippen molar-refractivity contribution in [2.75, 3.05) is 30.9 Å². The zero-order valence-electron chi connectivity index (χ0n) is 17.2. The molecule has 1 heterocycles. The van der Waals surface area contributed by atoms with Gasteiger partial charge < -0.3 is 10.6 Å². The summed E-state index contributed by atoms with van der Waals surface area (Å²) in [4.78, 5) is 15.2. The summed E-state index contributed by atoms with van der Waals surface area (Å²) in [6.45, 7) is 5.02. The lowest BCUT2D eigenvalue weighted by Gasteiger charge is -2.49.